The lowest BCUT2D eigenvalue weighted by molar-refractivity contribution is -0.131. The van der Waals surface area contributed by atoms with Gasteiger partial charge < -0.3 is 5.32 Å². The Bertz CT molecular complexity index is 291. The van der Waals surface area contributed by atoms with Gasteiger partial charge in [-0.25, -0.2) is 0 Å². The molecule has 0 aromatic heterocycles. The van der Waals surface area contributed by atoms with E-state index in [-0.39, 0.29) is 5.91 Å². The number of hydrogen-bond donors (Lipinski definition) is 1. The Kier molecular flexibility index (Phi) is 3.29. The van der Waals surface area contributed by atoms with Crippen LogP contribution in [0.25, 0.3) is 0 Å². The van der Waals surface area contributed by atoms with E-state index in [1.807, 2.05) is 19.9 Å². The third kappa shape index (κ3) is 2.14. The molecular formula is C11H16N2O. The van der Waals surface area contributed by atoms with Crippen LogP contribution in [0.4, 0.5) is 0 Å². The lowest BCUT2D eigenvalue weighted by atomic mass is 9.69. The van der Waals surface area contributed by atoms with Crippen molar-refractivity contribution in [2.45, 2.75) is 33.1 Å². The second-order valence-corrected chi connectivity index (χ2v) is 4.04. The Morgan fingerprint density at radius 1 is 1.57 bits per heavy atom. The van der Waals surface area contributed by atoms with E-state index >= 15 is 0 Å². The third-order valence-electron chi connectivity index (χ3n) is 2.63. The van der Waals surface area contributed by atoms with E-state index in [4.69, 9.17) is 5.26 Å². The van der Waals surface area contributed by atoms with Crippen LogP contribution in [0.5, 0.6) is 0 Å². The second kappa shape index (κ2) is 4.28. The summed E-state index contributed by atoms with van der Waals surface area (Å²) in [6.45, 7) is 4.50. The van der Waals surface area contributed by atoms with E-state index < -0.39 is 5.41 Å². The maximum Gasteiger partial charge on any atom is 0.240 e. The fraction of sp³-hybridized carbons (Fsp3) is 0.636. The highest BCUT2D eigenvalue weighted by Gasteiger charge is 2.44. The van der Waals surface area contributed by atoms with E-state index in [2.05, 4.69) is 11.4 Å². The van der Waals surface area contributed by atoms with Gasteiger partial charge in [-0.05, 0) is 33.1 Å². The zero-order valence-electron chi connectivity index (χ0n) is 8.76. The van der Waals surface area contributed by atoms with Crippen LogP contribution in [0.15, 0.2) is 11.6 Å². The van der Waals surface area contributed by atoms with Crippen LogP contribution in [-0.2, 0) is 4.79 Å². The summed E-state index contributed by atoms with van der Waals surface area (Å²) in [6.07, 6.45) is 4.36. The SMILES string of the molecule is CC(C)=CCNC(=O)C1(C#N)CCC1. The lowest BCUT2D eigenvalue weighted by Crippen LogP contribution is -2.44. The summed E-state index contributed by atoms with van der Waals surface area (Å²) in [6, 6.07) is 2.12. The molecule has 1 aliphatic carbocycles. The van der Waals surface area contributed by atoms with Crippen LogP contribution in [0.1, 0.15) is 33.1 Å². The molecule has 14 heavy (non-hydrogen) atoms. The van der Waals surface area contributed by atoms with E-state index in [0.29, 0.717) is 19.4 Å². The van der Waals surface area contributed by atoms with Crippen molar-refractivity contribution in [3.63, 3.8) is 0 Å². The first-order valence-electron chi connectivity index (χ1n) is 4.94. The van der Waals surface area contributed by atoms with Crippen molar-refractivity contribution >= 4 is 5.91 Å². The highest BCUT2D eigenvalue weighted by molar-refractivity contribution is 5.86. The number of nitrogens with zero attached hydrogens (tertiary/aromatic N) is 1. The molecule has 0 aromatic rings. The molecule has 1 fully saturated rings. The monoisotopic (exact) mass is 192 g/mol. The van der Waals surface area contributed by atoms with Crippen molar-refractivity contribution in [2.75, 3.05) is 6.54 Å². The summed E-state index contributed by atoms with van der Waals surface area (Å²) >= 11 is 0. The van der Waals surface area contributed by atoms with Gasteiger partial charge in [0.1, 0.15) is 5.41 Å². The molecule has 0 radical (unpaired) electrons. The number of rotatable bonds is 3. The van der Waals surface area contributed by atoms with Crippen molar-refractivity contribution in [1.82, 2.24) is 5.32 Å². The van der Waals surface area contributed by atoms with Gasteiger partial charge in [-0.2, -0.15) is 5.26 Å². The van der Waals surface area contributed by atoms with Crippen molar-refractivity contribution in [2.24, 2.45) is 5.41 Å². The smallest absolute Gasteiger partial charge is 0.240 e. The quantitative estimate of drug-likeness (QED) is 0.693. The minimum Gasteiger partial charge on any atom is -0.351 e. The molecule has 3 heteroatoms. The summed E-state index contributed by atoms with van der Waals surface area (Å²) in [4.78, 5) is 11.6. The van der Waals surface area contributed by atoms with Crippen LogP contribution in [0, 0.1) is 16.7 Å². The first-order valence-corrected chi connectivity index (χ1v) is 4.94. The molecule has 0 unspecified atom stereocenters. The number of carbonyl (C=O) groups excluding carboxylic acids is 1. The first-order chi connectivity index (χ1) is 6.60. The Morgan fingerprint density at radius 2 is 2.21 bits per heavy atom. The van der Waals surface area contributed by atoms with Crippen LogP contribution in [0.3, 0.4) is 0 Å². The minimum atomic E-state index is -0.713. The van der Waals surface area contributed by atoms with Crippen LogP contribution in [-0.4, -0.2) is 12.5 Å². The molecule has 1 amide bonds. The average molecular weight is 192 g/mol. The Hall–Kier alpha value is -1.30. The van der Waals surface area contributed by atoms with Gasteiger partial charge in [-0.1, -0.05) is 11.6 Å². The molecule has 0 spiro atoms. The summed E-state index contributed by atoms with van der Waals surface area (Å²) in [5.74, 6) is -0.108. The number of nitriles is 1. The number of carbonyl (C=O) groups is 1. The molecule has 0 atom stereocenters. The molecule has 0 aliphatic heterocycles. The predicted molar refractivity (Wildman–Crippen MR) is 54.3 cm³/mol. The Balaban J connectivity index is 2.43. The summed E-state index contributed by atoms with van der Waals surface area (Å²) in [7, 11) is 0. The fourth-order valence-corrected chi connectivity index (χ4v) is 1.44. The molecule has 0 bridgehead atoms. The van der Waals surface area contributed by atoms with Crippen LogP contribution < -0.4 is 5.32 Å². The Labute approximate surface area is 84.8 Å². The number of amides is 1. The lowest BCUT2D eigenvalue weighted by Gasteiger charge is -2.33. The molecule has 0 aromatic carbocycles. The summed E-state index contributed by atoms with van der Waals surface area (Å²) in [5, 5.41) is 11.7. The van der Waals surface area contributed by atoms with E-state index in [1.54, 1.807) is 0 Å². The van der Waals surface area contributed by atoms with E-state index in [9.17, 15) is 4.79 Å². The van der Waals surface area contributed by atoms with E-state index in [0.717, 1.165) is 6.42 Å². The average Bonchev–Trinajstić information content (AvgIpc) is 2.02. The first kappa shape index (κ1) is 10.8. The molecule has 0 heterocycles. The fourth-order valence-electron chi connectivity index (χ4n) is 1.44. The molecular weight excluding hydrogens is 176 g/mol. The van der Waals surface area contributed by atoms with Gasteiger partial charge in [0.25, 0.3) is 0 Å². The predicted octanol–water partition coefficient (Wildman–Crippen LogP) is 1.76. The number of hydrogen-bond acceptors (Lipinski definition) is 2. The molecule has 3 nitrogen and oxygen atoms in total. The maximum atomic E-state index is 11.6. The zero-order valence-corrected chi connectivity index (χ0v) is 8.76. The van der Waals surface area contributed by atoms with Gasteiger partial charge in [-0.15, -0.1) is 0 Å². The molecule has 1 saturated carbocycles. The molecule has 76 valence electrons. The second-order valence-electron chi connectivity index (χ2n) is 4.04. The van der Waals surface area contributed by atoms with Gasteiger partial charge >= 0.3 is 0 Å². The van der Waals surface area contributed by atoms with Gasteiger partial charge in [-0.3, -0.25) is 4.79 Å². The van der Waals surface area contributed by atoms with Crippen molar-refractivity contribution < 1.29 is 4.79 Å². The van der Waals surface area contributed by atoms with Crippen molar-refractivity contribution in [1.29, 1.82) is 5.26 Å². The maximum absolute atomic E-state index is 11.6. The molecule has 1 N–H and O–H groups in total. The molecule has 0 saturated heterocycles. The largest absolute Gasteiger partial charge is 0.351 e. The van der Waals surface area contributed by atoms with E-state index in [1.165, 1.54) is 5.57 Å². The number of allylic oxidation sites excluding steroid dienone is 1. The van der Waals surface area contributed by atoms with Crippen molar-refractivity contribution in [3.8, 4) is 6.07 Å². The van der Waals surface area contributed by atoms with Crippen LogP contribution >= 0.6 is 0 Å². The van der Waals surface area contributed by atoms with Gasteiger partial charge in [0, 0.05) is 6.54 Å². The van der Waals surface area contributed by atoms with Gasteiger partial charge in [0.2, 0.25) is 5.91 Å². The van der Waals surface area contributed by atoms with Gasteiger partial charge in [0.05, 0.1) is 6.07 Å². The van der Waals surface area contributed by atoms with Crippen molar-refractivity contribution in [3.05, 3.63) is 11.6 Å². The molecule has 1 aliphatic rings. The summed E-state index contributed by atoms with van der Waals surface area (Å²) < 4.78 is 0. The minimum absolute atomic E-state index is 0.108. The summed E-state index contributed by atoms with van der Waals surface area (Å²) in [5.41, 5.74) is 0.458. The highest BCUT2D eigenvalue weighted by atomic mass is 16.2. The Morgan fingerprint density at radius 3 is 2.57 bits per heavy atom. The topological polar surface area (TPSA) is 52.9 Å². The third-order valence-corrected chi connectivity index (χ3v) is 2.63. The zero-order chi connectivity index (χ0) is 10.6. The number of nitrogens with one attached hydrogen (secondary N) is 1. The highest BCUT2D eigenvalue weighted by Crippen LogP contribution is 2.40. The van der Waals surface area contributed by atoms with Crippen LogP contribution in [0.2, 0.25) is 0 Å². The normalized spacial score (nSPS) is 17.5. The molecule has 1 rings (SSSR count). The standard InChI is InChI=1S/C11H16N2O/c1-9(2)4-7-13-10(14)11(8-12)5-3-6-11/h4H,3,5-7H2,1-2H3,(H,13,14). The van der Waals surface area contributed by atoms with Gasteiger partial charge in [0.15, 0.2) is 0 Å².